The number of carbonyl (C=O) groups excluding carboxylic acids is 1. The number of halogens is 3. The third kappa shape index (κ3) is 8.87. The maximum Gasteiger partial charge on any atom is 0.416 e. The van der Waals surface area contributed by atoms with E-state index in [2.05, 4.69) is 4.72 Å². The molecule has 0 heterocycles. The van der Waals surface area contributed by atoms with E-state index in [4.69, 9.17) is 0 Å². The summed E-state index contributed by atoms with van der Waals surface area (Å²) in [6.45, 7) is -0.866. The molecule has 3 N–H and O–H groups in total. The first-order chi connectivity index (χ1) is 24.2. The molecule has 0 aliphatic rings. The second-order valence-corrected chi connectivity index (χ2v) is 13.2. The summed E-state index contributed by atoms with van der Waals surface area (Å²) in [6.07, 6.45) is -4.63. The number of aromatic carboxylic acids is 1. The predicted molar refractivity (Wildman–Crippen MR) is 184 cm³/mol. The quantitative estimate of drug-likeness (QED) is 0.121. The van der Waals surface area contributed by atoms with Crippen LogP contribution in [0.2, 0.25) is 0 Å². The first-order valence-electron chi connectivity index (χ1n) is 15.5. The minimum atomic E-state index is -4.50. The van der Waals surface area contributed by atoms with Crippen LogP contribution in [0.25, 0.3) is 22.3 Å². The van der Waals surface area contributed by atoms with Gasteiger partial charge in [-0.3, -0.25) is 4.79 Å². The topological polar surface area (TPSA) is 141 Å². The minimum absolute atomic E-state index is 0.0513. The summed E-state index contributed by atoms with van der Waals surface area (Å²) in [5.41, 5.74) is 2.17. The van der Waals surface area contributed by atoms with Gasteiger partial charge in [-0.25, -0.2) is 22.7 Å². The van der Waals surface area contributed by atoms with Gasteiger partial charge in [0.15, 0.2) is 0 Å². The zero-order chi connectivity index (χ0) is 36.8. The highest BCUT2D eigenvalue weighted by atomic mass is 32.2. The van der Waals surface area contributed by atoms with Crippen LogP contribution in [-0.4, -0.2) is 60.5 Å². The van der Waals surface area contributed by atoms with Crippen molar-refractivity contribution in [1.82, 2.24) is 9.62 Å². The zero-order valence-corrected chi connectivity index (χ0v) is 27.6. The van der Waals surface area contributed by atoms with Gasteiger partial charge in [-0.1, -0.05) is 91.0 Å². The van der Waals surface area contributed by atoms with Gasteiger partial charge in [-0.05, 0) is 64.2 Å². The van der Waals surface area contributed by atoms with Crippen LogP contribution >= 0.6 is 0 Å². The number of sulfonamides is 1. The molecule has 51 heavy (non-hydrogen) atoms. The Labute approximate surface area is 291 Å². The number of carbonyl (C=O) groups is 3. The van der Waals surface area contributed by atoms with E-state index in [1.807, 2.05) is 42.5 Å². The van der Waals surface area contributed by atoms with Gasteiger partial charge in [-0.15, -0.1) is 0 Å². The van der Waals surface area contributed by atoms with Crippen molar-refractivity contribution in [3.8, 4) is 22.3 Å². The fourth-order valence-corrected chi connectivity index (χ4v) is 6.71. The van der Waals surface area contributed by atoms with Gasteiger partial charge in [0.1, 0.15) is 6.04 Å². The van der Waals surface area contributed by atoms with Gasteiger partial charge in [0.2, 0.25) is 10.0 Å². The number of nitrogens with one attached hydrogen (secondary N) is 1. The number of nitrogens with zero attached hydrogens (tertiary/aromatic N) is 1. The van der Waals surface area contributed by atoms with Gasteiger partial charge < -0.3 is 15.1 Å². The van der Waals surface area contributed by atoms with Crippen LogP contribution in [0.4, 0.5) is 13.2 Å². The molecule has 0 fully saturated rings. The average molecular weight is 717 g/mol. The van der Waals surface area contributed by atoms with Crippen molar-refractivity contribution in [3.05, 3.63) is 150 Å². The molecule has 5 aromatic rings. The van der Waals surface area contributed by atoms with E-state index in [1.165, 1.54) is 48.5 Å². The molecule has 0 saturated heterocycles. The van der Waals surface area contributed by atoms with E-state index in [9.17, 15) is 46.2 Å². The highest BCUT2D eigenvalue weighted by Gasteiger charge is 2.32. The Morgan fingerprint density at radius 2 is 1.20 bits per heavy atom. The van der Waals surface area contributed by atoms with E-state index in [1.54, 1.807) is 12.1 Å². The fraction of sp³-hybridized carbons (Fsp3) is 0.132. The molecule has 1 atom stereocenters. The molecule has 262 valence electrons. The first-order valence-corrected chi connectivity index (χ1v) is 17.0. The summed E-state index contributed by atoms with van der Waals surface area (Å²) in [7, 11) is -4.39. The number of rotatable bonds is 13. The average Bonchev–Trinajstić information content (AvgIpc) is 3.12. The molecule has 9 nitrogen and oxygen atoms in total. The molecule has 0 radical (unpaired) electrons. The number of aliphatic carboxylic acids is 1. The number of benzene rings is 5. The van der Waals surface area contributed by atoms with Crippen LogP contribution in [0.3, 0.4) is 0 Å². The number of carboxylic acids is 2. The van der Waals surface area contributed by atoms with Gasteiger partial charge >= 0.3 is 18.1 Å². The summed E-state index contributed by atoms with van der Waals surface area (Å²) in [5.74, 6) is -3.56. The van der Waals surface area contributed by atoms with Crippen molar-refractivity contribution in [2.75, 3.05) is 13.1 Å². The number of hydrogen-bond donors (Lipinski definition) is 3. The van der Waals surface area contributed by atoms with Crippen LogP contribution in [0.1, 0.15) is 31.8 Å². The van der Waals surface area contributed by atoms with Crippen molar-refractivity contribution in [2.45, 2.75) is 23.5 Å². The largest absolute Gasteiger partial charge is 0.480 e. The number of alkyl halides is 3. The highest BCUT2D eigenvalue weighted by Crippen LogP contribution is 2.31. The maximum absolute atomic E-state index is 14.0. The van der Waals surface area contributed by atoms with Crippen molar-refractivity contribution in [3.63, 3.8) is 0 Å². The van der Waals surface area contributed by atoms with Crippen LogP contribution in [0.5, 0.6) is 0 Å². The zero-order valence-electron chi connectivity index (χ0n) is 26.7. The van der Waals surface area contributed by atoms with Gasteiger partial charge in [-0.2, -0.15) is 13.2 Å². The summed E-state index contributed by atoms with van der Waals surface area (Å²) < 4.78 is 67.6. The summed E-state index contributed by atoms with van der Waals surface area (Å²) >= 11 is 0. The van der Waals surface area contributed by atoms with Crippen molar-refractivity contribution in [1.29, 1.82) is 0 Å². The van der Waals surface area contributed by atoms with Crippen molar-refractivity contribution < 1.29 is 46.2 Å². The van der Waals surface area contributed by atoms with Crippen LogP contribution in [0, 0.1) is 0 Å². The molecule has 0 aliphatic carbocycles. The van der Waals surface area contributed by atoms with E-state index in [-0.39, 0.29) is 12.0 Å². The fourth-order valence-electron chi connectivity index (χ4n) is 5.50. The Morgan fingerprint density at radius 3 is 1.75 bits per heavy atom. The summed E-state index contributed by atoms with van der Waals surface area (Å²) in [6, 6.07) is 30.5. The van der Waals surface area contributed by atoms with E-state index >= 15 is 0 Å². The van der Waals surface area contributed by atoms with E-state index < -0.39 is 69.2 Å². The Bertz CT molecular complexity index is 2120. The maximum atomic E-state index is 14.0. The molecular weight excluding hydrogens is 685 g/mol. The highest BCUT2D eigenvalue weighted by molar-refractivity contribution is 7.89. The first kappa shape index (κ1) is 36.5. The van der Waals surface area contributed by atoms with E-state index in [0.29, 0.717) is 16.7 Å². The number of amides is 1. The predicted octanol–water partition coefficient (Wildman–Crippen LogP) is 6.85. The molecule has 0 bridgehead atoms. The Morgan fingerprint density at radius 1 is 0.686 bits per heavy atom. The summed E-state index contributed by atoms with van der Waals surface area (Å²) in [4.78, 5) is 38.9. The SMILES string of the molecule is O=C(O)c1ccccc1S(=O)(=O)NCCN(C(=O)c1ccc(-c2ccc(C(F)(F)F)cc2)cc1)[C@@H](Cc1ccc(-c2ccccc2)cc1)C(=O)O. The third-order valence-electron chi connectivity index (χ3n) is 8.14. The van der Waals surface area contributed by atoms with Crippen molar-refractivity contribution >= 4 is 27.9 Å². The normalized spacial score (nSPS) is 12.2. The van der Waals surface area contributed by atoms with E-state index in [0.717, 1.165) is 40.3 Å². The molecule has 5 rings (SSSR count). The van der Waals surface area contributed by atoms with Crippen LogP contribution < -0.4 is 4.72 Å². The van der Waals surface area contributed by atoms with Crippen LogP contribution in [-0.2, 0) is 27.4 Å². The molecular formula is C38H31F3N2O7S. The third-order valence-corrected chi connectivity index (χ3v) is 9.66. The standard InChI is InChI=1S/C38H31F3N2O7S/c39-38(40,41)31-20-18-29(19-21-31)28-14-16-30(17-15-28)35(44)43(23-22-42-51(49,50)34-9-5-4-8-32(34)36(45)46)33(37(47)48)24-25-10-12-27(13-11-25)26-6-2-1-3-7-26/h1-21,33,42H,22-24H2,(H,45,46)(H,47,48)/t33-/m0/s1. The van der Waals surface area contributed by atoms with Gasteiger partial charge in [0.25, 0.3) is 5.91 Å². The molecule has 5 aromatic carbocycles. The lowest BCUT2D eigenvalue weighted by molar-refractivity contribution is -0.142. The lowest BCUT2D eigenvalue weighted by atomic mass is 9.99. The molecule has 1 amide bonds. The number of carboxylic acid groups (broad SMARTS) is 2. The Hall–Kier alpha value is -5.79. The molecule has 13 heteroatoms. The molecule has 0 spiro atoms. The second kappa shape index (κ2) is 15.4. The molecule has 0 unspecified atom stereocenters. The van der Waals surface area contributed by atoms with Gasteiger partial charge in [0.05, 0.1) is 16.0 Å². The lowest BCUT2D eigenvalue weighted by Crippen LogP contribution is -2.49. The molecule has 0 saturated carbocycles. The van der Waals surface area contributed by atoms with Crippen LogP contribution in [0.15, 0.2) is 132 Å². The smallest absolute Gasteiger partial charge is 0.416 e. The molecule has 0 aliphatic heterocycles. The number of hydrogen-bond acceptors (Lipinski definition) is 5. The molecule has 0 aromatic heterocycles. The van der Waals surface area contributed by atoms with Crippen molar-refractivity contribution in [2.24, 2.45) is 0 Å². The minimum Gasteiger partial charge on any atom is -0.480 e. The monoisotopic (exact) mass is 716 g/mol. The summed E-state index contributed by atoms with van der Waals surface area (Å²) in [5, 5.41) is 19.8. The Kier molecular flexibility index (Phi) is 11.0. The second-order valence-electron chi connectivity index (χ2n) is 11.5. The Balaban J connectivity index is 1.42. The van der Waals surface area contributed by atoms with Gasteiger partial charge in [0, 0.05) is 25.1 Å². The lowest BCUT2D eigenvalue weighted by Gasteiger charge is -2.29.